The first-order valence-electron chi connectivity index (χ1n) is 8.60. The number of carboxylic acids is 1. The van der Waals surface area contributed by atoms with Gasteiger partial charge in [-0.1, -0.05) is 41.9 Å². The van der Waals surface area contributed by atoms with E-state index in [0.29, 0.717) is 12.0 Å². The summed E-state index contributed by atoms with van der Waals surface area (Å²) >= 11 is 6.21. The molecule has 0 aliphatic carbocycles. The van der Waals surface area contributed by atoms with Gasteiger partial charge in [0, 0.05) is 17.9 Å². The average molecular weight is 404 g/mol. The van der Waals surface area contributed by atoms with Gasteiger partial charge in [-0.25, -0.2) is 9.59 Å². The van der Waals surface area contributed by atoms with Gasteiger partial charge in [0.2, 0.25) is 0 Å². The Morgan fingerprint density at radius 1 is 1.32 bits per heavy atom. The number of fused-ring (bicyclic) bond motifs is 1. The minimum Gasteiger partial charge on any atom is -0.506 e. The molecular formula is C20H18ClNO6. The number of nitrogens with one attached hydrogen (secondary N) is 1. The Morgan fingerprint density at radius 3 is 2.64 bits per heavy atom. The molecule has 0 saturated carbocycles. The number of phenols is 1. The second-order valence-electron chi connectivity index (χ2n) is 6.58. The van der Waals surface area contributed by atoms with Crippen LogP contribution in [0.3, 0.4) is 0 Å². The quantitative estimate of drug-likeness (QED) is 0.661. The zero-order valence-corrected chi connectivity index (χ0v) is 15.7. The number of amides is 1. The number of phenolic OH excluding ortho intramolecular Hbond substituents is 1. The van der Waals surface area contributed by atoms with Crippen molar-refractivity contribution in [2.24, 2.45) is 0 Å². The van der Waals surface area contributed by atoms with Gasteiger partial charge < -0.3 is 20.3 Å². The standard InChI is InChI=1S/C20H18ClNO6/c1-10-7-12-14(21)9-13(17(23)16(12)20(27)28-10)18(24)22-15(19(25)26)8-11-5-3-2-4-6-11/h2-6,9-10,15,23H,7-8H2,1H3,(H,22,24)(H,25,26)/t10-,15+/m0/s1. The van der Waals surface area contributed by atoms with Crippen molar-refractivity contribution in [3.63, 3.8) is 0 Å². The molecule has 2 atom stereocenters. The smallest absolute Gasteiger partial charge is 0.342 e. The van der Waals surface area contributed by atoms with Gasteiger partial charge in [-0.2, -0.15) is 0 Å². The number of rotatable bonds is 5. The second kappa shape index (κ2) is 7.90. The number of hydrogen-bond acceptors (Lipinski definition) is 5. The fourth-order valence-electron chi connectivity index (χ4n) is 3.13. The van der Waals surface area contributed by atoms with Crippen LogP contribution in [0.25, 0.3) is 0 Å². The lowest BCUT2D eigenvalue weighted by Gasteiger charge is -2.24. The molecule has 0 saturated heterocycles. The van der Waals surface area contributed by atoms with Gasteiger partial charge in [0.05, 0.1) is 5.56 Å². The Labute approximate surface area is 165 Å². The highest BCUT2D eigenvalue weighted by atomic mass is 35.5. The summed E-state index contributed by atoms with van der Waals surface area (Å²) in [5.41, 5.74) is 0.680. The number of esters is 1. The topological polar surface area (TPSA) is 113 Å². The molecule has 146 valence electrons. The molecular weight excluding hydrogens is 386 g/mol. The van der Waals surface area contributed by atoms with Crippen molar-refractivity contribution < 1.29 is 29.3 Å². The third kappa shape index (κ3) is 3.94. The molecule has 0 bridgehead atoms. The van der Waals surface area contributed by atoms with Crippen molar-refractivity contribution in [1.82, 2.24) is 5.32 Å². The summed E-state index contributed by atoms with van der Waals surface area (Å²) in [6.45, 7) is 1.69. The first kappa shape index (κ1) is 19.7. The molecule has 0 spiro atoms. The van der Waals surface area contributed by atoms with Crippen LogP contribution in [0, 0.1) is 0 Å². The van der Waals surface area contributed by atoms with Crippen LogP contribution in [-0.4, -0.2) is 40.2 Å². The number of cyclic esters (lactones) is 1. The number of carbonyl (C=O) groups is 3. The van der Waals surface area contributed by atoms with E-state index in [1.165, 1.54) is 6.07 Å². The monoisotopic (exact) mass is 403 g/mol. The summed E-state index contributed by atoms with van der Waals surface area (Å²) in [5.74, 6) is -3.43. The molecule has 1 amide bonds. The zero-order valence-electron chi connectivity index (χ0n) is 14.9. The van der Waals surface area contributed by atoms with Gasteiger partial charge in [-0.15, -0.1) is 0 Å². The van der Waals surface area contributed by atoms with Crippen molar-refractivity contribution in [3.05, 3.63) is 63.7 Å². The summed E-state index contributed by atoms with van der Waals surface area (Å²) in [6, 6.07) is 8.81. The number of aliphatic carboxylic acids is 1. The lowest BCUT2D eigenvalue weighted by atomic mass is 9.95. The molecule has 0 fully saturated rings. The number of carboxylic acid groups (broad SMARTS) is 1. The number of hydrogen-bond donors (Lipinski definition) is 3. The Balaban J connectivity index is 1.89. The molecule has 7 nitrogen and oxygen atoms in total. The van der Waals surface area contributed by atoms with Crippen LogP contribution >= 0.6 is 11.6 Å². The third-order valence-electron chi connectivity index (χ3n) is 4.49. The van der Waals surface area contributed by atoms with Gasteiger partial charge in [0.1, 0.15) is 23.5 Å². The van der Waals surface area contributed by atoms with Gasteiger partial charge in [-0.05, 0) is 24.1 Å². The van der Waals surface area contributed by atoms with Crippen LogP contribution < -0.4 is 5.32 Å². The van der Waals surface area contributed by atoms with Crippen LogP contribution in [0.15, 0.2) is 36.4 Å². The largest absolute Gasteiger partial charge is 0.506 e. The van der Waals surface area contributed by atoms with Crippen molar-refractivity contribution in [1.29, 1.82) is 0 Å². The second-order valence-corrected chi connectivity index (χ2v) is 6.99. The van der Waals surface area contributed by atoms with E-state index in [0.717, 1.165) is 5.56 Å². The molecule has 0 radical (unpaired) electrons. The van der Waals surface area contributed by atoms with E-state index in [9.17, 15) is 24.6 Å². The molecule has 1 aliphatic rings. The maximum Gasteiger partial charge on any atom is 0.342 e. The lowest BCUT2D eigenvalue weighted by molar-refractivity contribution is -0.139. The Bertz CT molecular complexity index is 943. The molecule has 3 rings (SSSR count). The summed E-state index contributed by atoms with van der Waals surface area (Å²) in [7, 11) is 0. The number of halogens is 1. The summed E-state index contributed by atoms with van der Waals surface area (Å²) in [4.78, 5) is 36.3. The first-order valence-corrected chi connectivity index (χ1v) is 8.98. The molecule has 3 N–H and O–H groups in total. The fraction of sp³-hybridized carbons (Fsp3) is 0.250. The van der Waals surface area contributed by atoms with Crippen molar-refractivity contribution in [3.8, 4) is 5.75 Å². The number of carbonyl (C=O) groups excluding carboxylic acids is 2. The van der Waals surface area contributed by atoms with Gasteiger partial charge in [-0.3, -0.25) is 4.79 Å². The summed E-state index contributed by atoms with van der Waals surface area (Å²) in [5, 5.41) is 22.4. The van der Waals surface area contributed by atoms with Crippen LogP contribution in [-0.2, 0) is 22.4 Å². The van der Waals surface area contributed by atoms with Gasteiger partial charge >= 0.3 is 11.9 Å². The van der Waals surface area contributed by atoms with Gasteiger partial charge in [0.25, 0.3) is 5.91 Å². The highest BCUT2D eigenvalue weighted by molar-refractivity contribution is 6.32. The zero-order chi connectivity index (χ0) is 20.4. The third-order valence-corrected chi connectivity index (χ3v) is 4.82. The van der Waals surface area contributed by atoms with E-state index in [1.807, 2.05) is 0 Å². The van der Waals surface area contributed by atoms with Crippen molar-refractivity contribution >= 4 is 29.4 Å². The molecule has 2 aromatic carbocycles. The maximum absolute atomic E-state index is 12.6. The predicted molar refractivity (Wildman–Crippen MR) is 101 cm³/mol. The van der Waals surface area contributed by atoms with Crippen molar-refractivity contribution in [2.75, 3.05) is 0 Å². The molecule has 8 heteroatoms. The van der Waals surface area contributed by atoms with Crippen molar-refractivity contribution in [2.45, 2.75) is 31.9 Å². The Hall–Kier alpha value is -3.06. The van der Waals surface area contributed by atoms with Gasteiger partial charge in [0.15, 0.2) is 0 Å². The SMILES string of the molecule is C[C@H]1Cc2c(Cl)cc(C(=O)N[C@H](Cc3ccccc3)C(=O)O)c(O)c2C(=O)O1. The first-order chi connectivity index (χ1) is 13.3. The molecule has 0 unspecified atom stereocenters. The Morgan fingerprint density at radius 2 is 2.00 bits per heavy atom. The minimum atomic E-state index is -1.23. The van der Waals surface area contributed by atoms with Crippen LogP contribution in [0.5, 0.6) is 5.75 Å². The van der Waals surface area contributed by atoms with E-state index in [4.69, 9.17) is 16.3 Å². The molecule has 0 aromatic heterocycles. The lowest BCUT2D eigenvalue weighted by Crippen LogP contribution is -2.42. The maximum atomic E-state index is 12.6. The van der Waals surface area contributed by atoms with Crippen LogP contribution in [0.2, 0.25) is 5.02 Å². The molecule has 28 heavy (non-hydrogen) atoms. The van der Waals surface area contributed by atoms with Crippen LogP contribution in [0.4, 0.5) is 0 Å². The number of aromatic hydroxyl groups is 1. The van der Waals surface area contributed by atoms with E-state index in [-0.39, 0.29) is 22.6 Å². The summed E-state index contributed by atoms with van der Waals surface area (Å²) < 4.78 is 5.10. The molecule has 2 aromatic rings. The highest BCUT2D eigenvalue weighted by Crippen LogP contribution is 2.36. The van der Waals surface area contributed by atoms with E-state index in [2.05, 4.69) is 5.32 Å². The normalized spacial score (nSPS) is 16.6. The highest BCUT2D eigenvalue weighted by Gasteiger charge is 2.33. The average Bonchev–Trinajstić information content (AvgIpc) is 2.64. The fourth-order valence-corrected chi connectivity index (χ4v) is 3.41. The number of benzene rings is 2. The van der Waals surface area contributed by atoms with E-state index >= 15 is 0 Å². The predicted octanol–water partition coefficient (Wildman–Crippen LogP) is 2.57. The van der Waals surface area contributed by atoms with Crippen LogP contribution in [0.1, 0.15) is 38.8 Å². The number of ether oxygens (including phenoxy) is 1. The van der Waals surface area contributed by atoms with E-state index in [1.54, 1.807) is 37.3 Å². The Kier molecular flexibility index (Phi) is 5.56. The minimum absolute atomic E-state index is 0.0565. The molecule has 1 aliphatic heterocycles. The molecule has 1 heterocycles. The summed E-state index contributed by atoms with van der Waals surface area (Å²) in [6.07, 6.45) is -0.0407. The van der Waals surface area contributed by atoms with E-state index < -0.39 is 35.7 Å².